The third-order valence-electron chi connectivity index (χ3n) is 5.21. The SMILES string of the molecule is CCCCOc1ccc(C(=O)N2CCCC(CN(C)C(=O)OC(C)(C)C)C2)cc1OC. The van der Waals surface area contributed by atoms with E-state index in [1.54, 1.807) is 37.3 Å². The highest BCUT2D eigenvalue weighted by molar-refractivity contribution is 5.95. The van der Waals surface area contributed by atoms with E-state index in [-0.39, 0.29) is 17.9 Å². The van der Waals surface area contributed by atoms with E-state index < -0.39 is 5.60 Å². The molecule has 7 heteroatoms. The van der Waals surface area contributed by atoms with Crippen molar-refractivity contribution in [3.63, 3.8) is 0 Å². The summed E-state index contributed by atoms with van der Waals surface area (Å²) in [5.41, 5.74) is 0.0617. The van der Waals surface area contributed by atoms with Crippen molar-refractivity contribution in [2.75, 3.05) is 40.4 Å². The van der Waals surface area contributed by atoms with Crippen molar-refractivity contribution in [3.8, 4) is 11.5 Å². The molecular weight excluding hydrogens is 396 g/mol. The Morgan fingerprint density at radius 3 is 2.61 bits per heavy atom. The lowest BCUT2D eigenvalue weighted by atomic mass is 9.97. The zero-order valence-electron chi connectivity index (χ0n) is 19.9. The van der Waals surface area contributed by atoms with Crippen LogP contribution in [0.2, 0.25) is 0 Å². The summed E-state index contributed by atoms with van der Waals surface area (Å²) in [5.74, 6) is 1.42. The maximum Gasteiger partial charge on any atom is 0.410 e. The van der Waals surface area contributed by atoms with E-state index in [9.17, 15) is 9.59 Å². The molecular formula is C24H38N2O5. The molecule has 1 unspecified atom stereocenters. The Morgan fingerprint density at radius 2 is 1.97 bits per heavy atom. The molecule has 0 aliphatic carbocycles. The summed E-state index contributed by atoms with van der Waals surface area (Å²) in [6, 6.07) is 5.35. The molecule has 0 saturated carbocycles. The molecule has 0 radical (unpaired) electrons. The number of benzene rings is 1. The fourth-order valence-corrected chi connectivity index (χ4v) is 3.63. The lowest BCUT2D eigenvalue weighted by Crippen LogP contribution is -2.45. The van der Waals surface area contributed by atoms with Crippen molar-refractivity contribution in [1.82, 2.24) is 9.80 Å². The van der Waals surface area contributed by atoms with Crippen LogP contribution in [0, 0.1) is 5.92 Å². The minimum absolute atomic E-state index is 0.0250. The van der Waals surface area contributed by atoms with E-state index in [0.717, 1.165) is 25.7 Å². The molecule has 1 heterocycles. The van der Waals surface area contributed by atoms with Crippen LogP contribution in [-0.4, -0.2) is 67.8 Å². The van der Waals surface area contributed by atoms with Crippen molar-refractivity contribution >= 4 is 12.0 Å². The predicted molar refractivity (Wildman–Crippen MR) is 121 cm³/mol. The zero-order chi connectivity index (χ0) is 23.0. The number of nitrogens with zero attached hydrogens (tertiary/aromatic N) is 2. The van der Waals surface area contributed by atoms with Gasteiger partial charge < -0.3 is 24.0 Å². The van der Waals surface area contributed by atoms with Crippen LogP contribution >= 0.6 is 0 Å². The van der Waals surface area contributed by atoms with E-state index in [0.29, 0.717) is 43.3 Å². The van der Waals surface area contributed by atoms with Gasteiger partial charge in [0, 0.05) is 32.2 Å². The molecule has 1 saturated heterocycles. The Labute approximate surface area is 186 Å². The maximum atomic E-state index is 13.1. The molecule has 1 aliphatic heterocycles. The standard InChI is InChI=1S/C24H38N2O5/c1-7-8-14-30-20-12-11-19(15-21(20)29-6)22(27)26-13-9-10-18(17-26)16-25(5)23(28)31-24(2,3)4/h11-12,15,18H,7-10,13-14,16-17H2,1-6H3. The molecule has 1 aromatic carbocycles. The summed E-state index contributed by atoms with van der Waals surface area (Å²) in [6.07, 6.45) is 3.58. The highest BCUT2D eigenvalue weighted by Crippen LogP contribution is 2.29. The average Bonchev–Trinajstić information content (AvgIpc) is 2.72. The Bertz CT molecular complexity index is 744. The third-order valence-corrected chi connectivity index (χ3v) is 5.21. The molecule has 1 atom stereocenters. The number of hydrogen-bond acceptors (Lipinski definition) is 5. The quantitative estimate of drug-likeness (QED) is 0.560. The van der Waals surface area contributed by atoms with E-state index in [2.05, 4.69) is 6.92 Å². The van der Waals surface area contributed by atoms with Gasteiger partial charge in [-0.15, -0.1) is 0 Å². The first kappa shape index (κ1) is 24.8. The number of hydrogen-bond donors (Lipinski definition) is 0. The Kier molecular flexibility index (Phi) is 9.01. The lowest BCUT2D eigenvalue weighted by Gasteiger charge is -2.35. The van der Waals surface area contributed by atoms with Gasteiger partial charge in [-0.05, 0) is 64.2 Å². The highest BCUT2D eigenvalue weighted by atomic mass is 16.6. The van der Waals surface area contributed by atoms with Gasteiger partial charge in [-0.2, -0.15) is 0 Å². The van der Waals surface area contributed by atoms with Gasteiger partial charge in [-0.3, -0.25) is 4.79 Å². The number of ether oxygens (including phenoxy) is 3. The number of methoxy groups -OCH3 is 1. The van der Waals surface area contributed by atoms with Gasteiger partial charge in [0.2, 0.25) is 0 Å². The third kappa shape index (κ3) is 7.64. The van der Waals surface area contributed by atoms with Crippen LogP contribution in [0.3, 0.4) is 0 Å². The summed E-state index contributed by atoms with van der Waals surface area (Å²) in [4.78, 5) is 28.9. The number of carbonyl (C=O) groups excluding carboxylic acids is 2. The molecule has 0 aromatic heterocycles. The molecule has 1 fully saturated rings. The van der Waals surface area contributed by atoms with Crippen molar-refractivity contribution in [2.45, 2.75) is 59.0 Å². The maximum absolute atomic E-state index is 13.1. The first-order valence-corrected chi connectivity index (χ1v) is 11.2. The zero-order valence-corrected chi connectivity index (χ0v) is 19.9. The van der Waals surface area contributed by atoms with Gasteiger partial charge in [-0.25, -0.2) is 4.79 Å². The van der Waals surface area contributed by atoms with Gasteiger partial charge in [0.25, 0.3) is 5.91 Å². The number of likely N-dealkylation sites (tertiary alicyclic amines) is 1. The van der Waals surface area contributed by atoms with E-state index in [1.165, 1.54) is 0 Å². The second-order valence-electron chi connectivity index (χ2n) is 9.19. The van der Waals surface area contributed by atoms with Crippen molar-refractivity contribution in [1.29, 1.82) is 0 Å². The number of carbonyl (C=O) groups is 2. The van der Waals surface area contributed by atoms with Crippen LogP contribution in [0.1, 0.15) is 63.7 Å². The summed E-state index contributed by atoms with van der Waals surface area (Å²) in [7, 11) is 3.33. The van der Waals surface area contributed by atoms with Crippen LogP contribution in [0.25, 0.3) is 0 Å². The monoisotopic (exact) mass is 434 g/mol. The average molecular weight is 435 g/mol. The molecule has 174 valence electrons. The number of amides is 2. The molecule has 2 rings (SSSR count). The summed E-state index contributed by atoms with van der Waals surface area (Å²) >= 11 is 0. The van der Waals surface area contributed by atoms with Crippen LogP contribution in [-0.2, 0) is 4.74 Å². The number of unbranched alkanes of at least 4 members (excludes halogenated alkanes) is 1. The molecule has 0 N–H and O–H groups in total. The van der Waals surface area contributed by atoms with Gasteiger partial charge in [0.15, 0.2) is 11.5 Å². The van der Waals surface area contributed by atoms with Gasteiger partial charge >= 0.3 is 6.09 Å². The topological polar surface area (TPSA) is 68.3 Å². The largest absolute Gasteiger partial charge is 0.493 e. The highest BCUT2D eigenvalue weighted by Gasteiger charge is 2.28. The van der Waals surface area contributed by atoms with E-state index in [1.807, 2.05) is 25.7 Å². The Hall–Kier alpha value is -2.44. The molecule has 1 aliphatic rings. The van der Waals surface area contributed by atoms with Crippen LogP contribution in [0.5, 0.6) is 11.5 Å². The molecule has 0 bridgehead atoms. The van der Waals surface area contributed by atoms with Gasteiger partial charge in [0.05, 0.1) is 13.7 Å². The van der Waals surface area contributed by atoms with Gasteiger partial charge in [0.1, 0.15) is 5.60 Å². The molecule has 31 heavy (non-hydrogen) atoms. The number of rotatable bonds is 8. The molecule has 2 amide bonds. The van der Waals surface area contributed by atoms with Crippen molar-refractivity contribution < 1.29 is 23.8 Å². The molecule has 0 spiro atoms. The Morgan fingerprint density at radius 1 is 1.23 bits per heavy atom. The number of piperidine rings is 1. The van der Waals surface area contributed by atoms with Crippen molar-refractivity contribution in [3.05, 3.63) is 23.8 Å². The predicted octanol–water partition coefficient (Wildman–Crippen LogP) is 4.59. The van der Waals surface area contributed by atoms with E-state index >= 15 is 0 Å². The first-order valence-electron chi connectivity index (χ1n) is 11.2. The summed E-state index contributed by atoms with van der Waals surface area (Å²) < 4.78 is 16.6. The first-order chi connectivity index (χ1) is 14.6. The van der Waals surface area contributed by atoms with Crippen LogP contribution in [0.4, 0.5) is 4.79 Å². The Balaban J connectivity index is 1.99. The summed E-state index contributed by atoms with van der Waals surface area (Å²) in [5, 5.41) is 0. The smallest absolute Gasteiger partial charge is 0.410 e. The van der Waals surface area contributed by atoms with Crippen LogP contribution < -0.4 is 9.47 Å². The second-order valence-corrected chi connectivity index (χ2v) is 9.19. The minimum atomic E-state index is -0.522. The molecule has 1 aromatic rings. The lowest BCUT2D eigenvalue weighted by molar-refractivity contribution is 0.0244. The molecule has 7 nitrogen and oxygen atoms in total. The fraction of sp³-hybridized carbons (Fsp3) is 0.667. The summed E-state index contributed by atoms with van der Waals surface area (Å²) in [6.45, 7) is 10.2. The van der Waals surface area contributed by atoms with E-state index in [4.69, 9.17) is 14.2 Å². The van der Waals surface area contributed by atoms with Crippen LogP contribution in [0.15, 0.2) is 18.2 Å². The van der Waals surface area contributed by atoms with Crippen molar-refractivity contribution in [2.24, 2.45) is 5.92 Å². The minimum Gasteiger partial charge on any atom is -0.493 e. The second kappa shape index (κ2) is 11.3. The normalized spacial score (nSPS) is 16.6. The fourth-order valence-electron chi connectivity index (χ4n) is 3.63. The van der Waals surface area contributed by atoms with Gasteiger partial charge in [-0.1, -0.05) is 13.3 Å².